The minimum atomic E-state index is -0.246. The highest BCUT2D eigenvalue weighted by molar-refractivity contribution is 6.27. The number of pyridine rings is 2. The van der Waals surface area contributed by atoms with E-state index in [2.05, 4.69) is 152 Å². The van der Waals surface area contributed by atoms with Crippen molar-refractivity contribution < 1.29 is 0 Å². The summed E-state index contributed by atoms with van der Waals surface area (Å²) in [6.45, 7) is 4.61. The Kier molecular flexibility index (Phi) is 6.72. The largest absolute Gasteiger partial charge is 0.278 e. The van der Waals surface area contributed by atoms with Gasteiger partial charge in [0.05, 0.1) is 5.69 Å². The number of anilines is 3. The molecule has 1 aliphatic carbocycles. The summed E-state index contributed by atoms with van der Waals surface area (Å²) in [7, 11) is 0. The Hall–Kier alpha value is -6.58. The van der Waals surface area contributed by atoms with E-state index >= 15 is 0 Å². The number of hydrogen-bond donors (Lipinski definition) is 0. The Bertz CT molecular complexity index is 3020. The van der Waals surface area contributed by atoms with Crippen LogP contribution in [-0.4, -0.2) is 9.97 Å². The van der Waals surface area contributed by atoms with E-state index in [4.69, 9.17) is 9.97 Å². The zero-order valence-electron chi connectivity index (χ0n) is 30.3. The first-order valence-electron chi connectivity index (χ1n) is 19.0. The number of hydrogen-bond acceptors (Lipinski definition) is 3. The van der Waals surface area contributed by atoms with E-state index in [0.717, 1.165) is 30.2 Å². The molecule has 0 atom stereocenters. The summed E-state index contributed by atoms with van der Waals surface area (Å²) in [5, 5.41) is 10.4. The second kappa shape index (κ2) is 11.7. The van der Waals surface area contributed by atoms with Crippen molar-refractivity contribution in [3.63, 3.8) is 0 Å². The van der Waals surface area contributed by atoms with E-state index < -0.39 is 0 Å². The van der Waals surface area contributed by atoms with Crippen LogP contribution in [0.1, 0.15) is 43.4 Å². The molecule has 0 saturated carbocycles. The lowest BCUT2D eigenvalue weighted by Gasteiger charge is -2.40. The van der Waals surface area contributed by atoms with Gasteiger partial charge in [-0.3, -0.25) is 4.90 Å². The first kappa shape index (κ1) is 31.0. The minimum Gasteiger partial charge on any atom is -0.278 e. The quantitative estimate of drug-likeness (QED) is 0.172. The number of nitrogens with zero attached hydrogens (tertiary/aromatic N) is 3. The van der Waals surface area contributed by atoms with Gasteiger partial charge in [-0.15, -0.1) is 0 Å². The summed E-state index contributed by atoms with van der Waals surface area (Å²) in [6, 6.07) is 49.5. The number of benzene rings is 7. The molecule has 3 nitrogen and oxygen atoms in total. The molecule has 2 aliphatic rings. The van der Waals surface area contributed by atoms with Crippen LogP contribution in [0.4, 0.5) is 17.3 Å². The molecule has 0 N–H and O–H groups in total. The monoisotopic (exact) mass is 691 g/mol. The van der Waals surface area contributed by atoms with Gasteiger partial charge in [0.15, 0.2) is 0 Å². The molecule has 0 spiro atoms. The van der Waals surface area contributed by atoms with Gasteiger partial charge in [-0.25, -0.2) is 9.97 Å². The Morgan fingerprint density at radius 1 is 0.537 bits per heavy atom. The molecule has 0 unspecified atom stereocenters. The fourth-order valence-corrected chi connectivity index (χ4v) is 9.16. The van der Waals surface area contributed by atoms with E-state index in [1.54, 1.807) is 0 Å². The zero-order chi connectivity index (χ0) is 36.0. The lowest BCUT2D eigenvalue weighted by atomic mass is 9.74. The van der Waals surface area contributed by atoms with Crippen molar-refractivity contribution in [3.05, 3.63) is 181 Å². The average Bonchev–Trinajstić information content (AvgIpc) is 3.23. The first-order chi connectivity index (χ1) is 26.5. The van der Waals surface area contributed by atoms with Crippen molar-refractivity contribution in [1.82, 2.24) is 9.97 Å². The number of allylic oxidation sites excluding steroid dienone is 4. The van der Waals surface area contributed by atoms with Crippen LogP contribution in [0.2, 0.25) is 0 Å². The smallest absolute Gasteiger partial charge is 0.142 e. The molecule has 0 bridgehead atoms. The van der Waals surface area contributed by atoms with Crippen LogP contribution in [-0.2, 0) is 5.41 Å². The van der Waals surface area contributed by atoms with Crippen molar-refractivity contribution in [2.75, 3.05) is 4.90 Å². The van der Waals surface area contributed by atoms with Crippen LogP contribution < -0.4 is 4.90 Å². The van der Waals surface area contributed by atoms with Crippen molar-refractivity contribution in [2.45, 2.75) is 32.1 Å². The van der Waals surface area contributed by atoms with Crippen LogP contribution in [0.15, 0.2) is 164 Å². The highest BCUT2D eigenvalue weighted by atomic mass is 15.2. The van der Waals surface area contributed by atoms with E-state index in [0.29, 0.717) is 0 Å². The molecule has 0 saturated heterocycles. The lowest BCUT2D eigenvalue weighted by molar-refractivity contribution is 0.627. The molecule has 9 aromatic rings. The van der Waals surface area contributed by atoms with Gasteiger partial charge in [-0.1, -0.05) is 123 Å². The van der Waals surface area contributed by atoms with Gasteiger partial charge in [-0.05, 0) is 137 Å². The van der Waals surface area contributed by atoms with Crippen molar-refractivity contribution >= 4 is 66.0 Å². The van der Waals surface area contributed by atoms with Gasteiger partial charge >= 0.3 is 0 Å². The molecule has 256 valence electrons. The van der Waals surface area contributed by atoms with E-state index in [-0.39, 0.29) is 5.41 Å². The van der Waals surface area contributed by atoms with E-state index in [1.807, 2.05) is 30.6 Å². The lowest BCUT2D eigenvalue weighted by Crippen LogP contribution is -2.31. The molecule has 1 aliphatic heterocycles. The molecular weight excluding hydrogens is 655 g/mol. The van der Waals surface area contributed by atoms with Crippen LogP contribution in [0.3, 0.4) is 0 Å². The van der Waals surface area contributed by atoms with Gasteiger partial charge in [0.25, 0.3) is 0 Å². The second-order valence-electron chi connectivity index (χ2n) is 15.3. The van der Waals surface area contributed by atoms with E-state index in [9.17, 15) is 0 Å². The molecule has 0 amide bonds. The summed E-state index contributed by atoms with van der Waals surface area (Å²) < 4.78 is 0. The third-order valence-electron chi connectivity index (χ3n) is 11.9. The summed E-state index contributed by atoms with van der Waals surface area (Å²) in [5.41, 5.74) is 10.9. The maximum atomic E-state index is 4.87. The molecule has 2 aromatic heterocycles. The van der Waals surface area contributed by atoms with E-state index in [1.165, 1.54) is 87.6 Å². The first-order valence-corrected chi connectivity index (χ1v) is 19.0. The highest BCUT2D eigenvalue weighted by Gasteiger charge is 2.38. The van der Waals surface area contributed by atoms with Crippen LogP contribution in [0.25, 0.3) is 70.9 Å². The molecule has 3 heteroatoms. The van der Waals surface area contributed by atoms with Crippen LogP contribution in [0, 0.1) is 0 Å². The topological polar surface area (TPSA) is 29.0 Å². The summed E-state index contributed by atoms with van der Waals surface area (Å²) in [6.07, 6.45) is 12.9. The third kappa shape index (κ3) is 4.61. The Morgan fingerprint density at radius 3 is 2.00 bits per heavy atom. The summed E-state index contributed by atoms with van der Waals surface area (Å²) >= 11 is 0. The predicted molar refractivity (Wildman–Crippen MR) is 227 cm³/mol. The molecule has 0 fully saturated rings. The number of rotatable bonds is 4. The number of fused-ring (bicyclic) bond motifs is 3. The average molecular weight is 692 g/mol. The van der Waals surface area contributed by atoms with Gasteiger partial charge in [-0.2, -0.15) is 0 Å². The molecule has 0 radical (unpaired) electrons. The van der Waals surface area contributed by atoms with Crippen molar-refractivity contribution in [2.24, 2.45) is 0 Å². The van der Waals surface area contributed by atoms with Crippen molar-refractivity contribution in [3.8, 4) is 22.3 Å². The maximum Gasteiger partial charge on any atom is 0.142 e. The maximum absolute atomic E-state index is 4.87. The SMILES string of the molecule is CC1(C)c2cc(-c3ccc4ccc(-c5ccc6ccc7c(C8=CCCC=C8)ccc8ccc5c6c87)cc4c3)ccc2N(c2ccccn2)c2ncccc21. The molecule has 7 aromatic carbocycles. The van der Waals surface area contributed by atoms with Gasteiger partial charge in [0.1, 0.15) is 11.6 Å². The summed E-state index contributed by atoms with van der Waals surface area (Å²) in [5.74, 6) is 1.80. The standard InChI is InChI=1S/C51H37N3/c1-51(2)44-11-8-28-53-50(44)54(47-12-6-7-27-52-47)46-26-21-37(31-45(46)51)36-15-13-32-14-16-38(30-39(32)29-36)41-23-18-35-19-24-42-40(33-9-4-3-5-10-33)22-17-34-20-25-43(41)49(35)48(34)42/h4,6-31H,3,5H2,1-2H3. The third-order valence-corrected chi connectivity index (χ3v) is 11.9. The number of aromatic nitrogens is 2. The van der Waals surface area contributed by atoms with Gasteiger partial charge in [0.2, 0.25) is 0 Å². The molecule has 54 heavy (non-hydrogen) atoms. The highest BCUT2D eigenvalue weighted by Crippen LogP contribution is 2.51. The fourth-order valence-electron chi connectivity index (χ4n) is 9.16. The van der Waals surface area contributed by atoms with Gasteiger partial charge in [0, 0.05) is 23.4 Å². The minimum absolute atomic E-state index is 0.246. The Morgan fingerprint density at radius 2 is 1.22 bits per heavy atom. The van der Waals surface area contributed by atoms with Gasteiger partial charge < -0.3 is 0 Å². The second-order valence-corrected chi connectivity index (χ2v) is 15.3. The van der Waals surface area contributed by atoms with Crippen LogP contribution >= 0.6 is 0 Å². The Balaban J connectivity index is 1.03. The molecule has 3 heterocycles. The van der Waals surface area contributed by atoms with Crippen LogP contribution in [0.5, 0.6) is 0 Å². The zero-order valence-corrected chi connectivity index (χ0v) is 30.3. The Labute approximate surface area is 314 Å². The molecular formula is C51H37N3. The predicted octanol–water partition coefficient (Wildman–Crippen LogP) is 13.7. The normalized spacial score (nSPS) is 14.9. The summed E-state index contributed by atoms with van der Waals surface area (Å²) in [4.78, 5) is 11.8. The fraction of sp³-hybridized carbons (Fsp3) is 0.0980. The van der Waals surface area contributed by atoms with Crippen molar-refractivity contribution in [1.29, 1.82) is 0 Å². The molecule has 11 rings (SSSR count).